The van der Waals surface area contributed by atoms with Gasteiger partial charge in [0.25, 0.3) is 0 Å². The molecule has 0 amide bonds. The Balaban J connectivity index is 0.000000351. The van der Waals surface area contributed by atoms with E-state index in [1.807, 2.05) is 0 Å². The monoisotopic (exact) mass is 422 g/mol. The smallest absolute Gasteiger partial charge is 0.409 e. The average molecular weight is 424 g/mol. The van der Waals surface area contributed by atoms with E-state index in [0.29, 0.717) is 0 Å². The standard InChI is InChI=1S/C6H15BrO3Si.C4H9BrOSi/c1-8-11(9-2,10-3)6-4-5-7;5-7-4-2-1-3-6-7/h4-6H2,1-3H3;7H,1-4H2. The van der Waals surface area contributed by atoms with Crippen molar-refractivity contribution in [2.45, 2.75) is 31.4 Å². The maximum Gasteiger partial charge on any atom is 0.500 e. The molecule has 0 saturated carbocycles. The lowest BCUT2D eigenvalue weighted by Crippen LogP contribution is -2.42. The summed E-state index contributed by atoms with van der Waals surface area (Å²) in [5.41, 5.74) is 0. The van der Waals surface area contributed by atoms with Crippen molar-refractivity contribution < 1.29 is 17.7 Å². The summed E-state index contributed by atoms with van der Waals surface area (Å²) >= 11 is 6.85. The van der Waals surface area contributed by atoms with Gasteiger partial charge in [-0.25, -0.2) is 0 Å². The largest absolute Gasteiger partial charge is 0.500 e. The molecule has 0 aromatic heterocycles. The zero-order valence-electron chi connectivity index (χ0n) is 11.4. The molecule has 0 N–H and O–H groups in total. The van der Waals surface area contributed by atoms with Crippen molar-refractivity contribution in [2.75, 3.05) is 33.3 Å². The third-order valence-electron chi connectivity index (χ3n) is 2.67. The van der Waals surface area contributed by atoms with Crippen molar-refractivity contribution >= 4 is 47.7 Å². The highest BCUT2D eigenvalue weighted by atomic mass is 79.9. The lowest BCUT2D eigenvalue weighted by molar-refractivity contribution is 0.123. The van der Waals surface area contributed by atoms with Gasteiger partial charge < -0.3 is 17.7 Å². The molecule has 1 saturated heterocycles. The van der Waals surface area contributed by atoms with E-state index < -0.39 is 16.5 Å². The predicted molar refractivity (Wildman–Crippen MR) is 86.1 cm³/mol. The van der Waals surface area contributed by atoms with Crippen LogP contribution in [-0.4, -0.2) is 49.7 Å². The molecule has 0 aliphatic carbocycles. The van der Waals surface area contributed by atoms with Crippen LogP contribution < -0.4 is 0 Å². The van der Waals surface area contributed by atoms with Gasteiger partial charge in [-0.2, -0.15) is 0 Å². The van der Waals surface area contributed by atoms with E-state index in [-0.39, 0.29) is 0 Å². The maximum atomic E-state index is 5.33. The van der Waals surface area contributed by atoms with Crippen LogP contribution in [0, 0.1) is 0 Å². The summed E-state index contributed by atoms with van der Waals surface area (Å²) in [5, 5.41) is 0.956. The molecule has 4 nitrogen and oxygen atoms in total. The van der Waals surface area contributed by atoms with Gasteiger partial charge in [-0.3, -0.25) is 0 Å². The Morgan fingerprint density at radius 1 is 1.17 bits per heavy atom. The fourth-order valence-corrected chi connectivity index (χ4v) is 6.79. The van der Waals surface area contributed by atoms with Crippen molar-refractivity contribution in [1.29, 1.82) is 0 Å². The molecule has 8 heteroatoms. The van der Waals surface area contributed by atoms with Crippen molar-refractivity contribution in [2.24, 2.45) is 0 Å². The normalized spacial score (nSPS) is 20.2. The summed E-state index contributed by atoms with van der Waals surface area (Å²) < 4.78 is 21.0. The first kappa shape index (κ1) is 19.2. The van der Waals surface area contributed by atoms with Crippen molar-refractivity contribution in [1.82, 2.24) is 0 Å². The molecule has 110 valence electrons. The molecule has 0 spiro atoms. The molecule has 1 heterocycles. The minimum atomic E-state index is -2.27. The summed E-state index contributed by atoms with van der Waals surface area (Å²) in [6.45, 7) is 1.00. The minimum absolute atomic E-state index is 0.782. The second-order valence-corrected chi connectivity index (χ2v) is 12.5. The van der Waals surface area contributed by atoms with Crippen molar-refractivity contribution in [3.8, 4) is 0 Å². The van der Waals surface area contributed by atoms with Crippen molar-refractivity contribution in [3.63, 3.8) is 0 Å². The van der Waals surface area contributed by atoms with Crippen LogP contribution in [0.1, 0.15) is 19.3 Å². The Kier molecular flexibility index (Phi) is 12.8. The quantitative estimate of drug-likeness (QED) is 0.373. The van der Waals surface area contributed by atoms with Crippen LogP contribution in [0.5, 0.6) is 0 Å². The Hall–Kier alpha value is 1.23. The molecule has 1 unspecified atom stereocenters. The number of hydrogen-bond donors (Lipinski definition) is 0. The van der Waals surface area contributed by atoms with Crippen LogP contribution in [0.4, 0.5) is 0 Å². The third-order valence-corrected chi connectivity index (χ3v) is 9.69. The van der Waals surface area contributed by atoms with E-state index in [1.54, 1.807) is 21.3 Å². The lowest BCUT2D eigenvalue weighted by Gasteiger charge is -2.23. The van der Waals surface area contributed by atoms with E-state index in [4.69, 9.17) is 17.7 Å². The lowest BCUT2D eigenvalue weighted by atomic mass is 10.4. The van der Waals surface area contributed by atoms with Gasteiger partial charge in [0, 0.05) is 39.3 Å². The van der Waals surface area contributed by atoms with Gasteiger partial charge in [-0.05, 0) is 18.9 Å². The van der Waals surface area contributed by atoms with Gasteiger partial charge in [0.05, 0.1) is 0 Å². The van der Waals surface area contributed by atoms with Crippen LogP contribution in [-0.2, 0) is 17.7 Å². The molecule has 1 aliphatic heterocycles. The summed E-state index contributed by atoms with van der Waals surface area (Å²) in [5.74, 6) is 0. The second-order valence-electron chi connectivity index (χ2n) is 3.86. The topological polar surface area (TPSA) is 36.9 Å². The number of rotatable bonds is 6. The van der Waals surface area contributed by atoms with E-state index in [2.05, 4.69) is 31.2 Å². The van der Waals surface area contributed by atoms with Gasteiger partial charge in [-0.15, -0.1) is 0 Å². The van der Waals surface area contributed by atoms with E-state index in [9.17, 15) is 0 Å². The highest BCUT2D eigenvalue weighted by molar-refractivity contribution is 9.24. The fraction of sp³-hybridized carbons (Fsp3) is 1.00. The first-order valence-corrected chi connectivity index (χ1v) is 13.6. The summed E-state index contributed by atoms with van der Waals surface area (Å²) in [6, 6.07) is 2.18. The third kappa shape index (κ3) is 8.41. The highest BCUT2D eigenvalue weighted by Gasteiger charge is 2.36. The van der Waals surface area contributed by atoms with Gasteiger partial charge in [-0.1, -0.05) is 37.6 Å². The number of hydrogen-bond acceptors (Lipinski definition) is 4. The van der Waals surface area contributed by atoms with E-state index in [1.165, 1.54) is 18.9 Å². The average Bonchev–Trinajstić information content (AvgIpc) is 2.43. The van der Waals surface area contributed by atoms with Crippen LogP contribution in [0.2, 0.25) is 12.1 Å². The van der Waals surface area contributed by atoms with Crippen LogP contribution in [0.25, 0.3) is 0 Å². The molecule has 1 aliphatic rings. The Morgan fingerprint density at radius 3 is 2.06 bits per heavy atom. The molecule has 0 radical (unpaired) electrons. The minimum Gasteiger partial charge on any atom is -0.409 e. The van der Waals surface area contributed by atoms with E-state index in [0.717, 1.165) is 24.4 Å². The SMILES string of the molecule is Br[SiH]1CCCCO1.CO[Si](CCCBr)(OC)OC. The zero-order chi connectivity index (χ0) is 13.9. The van der Waals surface area contributed by atoms with Crippen LogP contribution >= 0.6 is 31.2 Å². The first-order chi connectivity index (χ1) is 8.64. The van der Waals surface area contributed by atoms with Gasteiger partial charge in [0.2, 0.25) is 7.66 Å². The fourth-order valence-electron chi connectivity index (χ4n) is 1.54. The highest BCUT2D eigenvalue weighted by Crippen LogP contribution is 2.15. The number of alkyl halides is 1. The van der Waals surface area contributed by atoms with Gasteiger partial charge in [0.1, 0.15) is 0 Å². The molecule has 1 fully saturated rings. The van der Waals surface area contributed by atoms with E-state index >= 15 is 0 Å². The zero-order valence-corrected chi connectivity index (χ0v) is 16.7. The van der Waals surface area contributed by atoms with Crippen LogP contribution in [0.15, 0.2) is 0 Å². The predicted octanol–water partition coefficient (Wildman–Crippen LogP) is 3.06. The molecule has 18 heavy (non-hydrogen) atoms. The second kappa shape index (κ2) is 12.0. The molecule has 0 bridgehead atoms. The molecule has 0 aromatic rings. The summed E-state index contributed by atoms with van der Waals surface area (Å²) in [6.07, 6.45) is 3.67. The first-order valence-electron chi connectivity index (χ1n) is 6.11. The maximum absolute atomic E-state index is 5.33. The number of halogens is 2. The van der Waals surface area contributed by atoms with Crippen molar-refractivity contribution in [3.05, 3.63) is 0 Å². The van der Waals surface area contributed by atoms with Crippen LogP contribution in [0.3, 0.4) is 0 Å². The Bertz CT molecular complexity index is 182. The summed E-state index contributed by atoms with van der Waals surface area (Å²) in [7, 11) is 1.85. The molecular formula is C10H24Br2O4Si2. The molecular weight excluding hydrogens is 400 g/mol. The molecule has 0 aromatic carbocycles. The molecule has 1 atom stereocenters. The Morgan fingerprint density at radius 2 is 1.78 bits per heavy atom. The molecule has 1 rings (SSSR count). The van der Waals surface area contributed by atoms with Gasteiger partial charge >= 0.3 is 8.80 Å². The van der Waals surface area contributed by atoms with Gasteiger partial charge in [0.15, 0.2) is 0 Å². The Labute approximate surface area is 130 Å². The summed E-state index contributed by atoms with van der Waals surface area (Å²) in [4.78, 5) is 0.